The molecule has 0 radical (unpaired) electrons. The fourth-order valence-electron chi connectivity index (χ4n) is 1.86. The van der Waals surface area contributed by atoms with Crippen molar-refractivity contribution in [3.63, 3.8) is 0 Å². The highest BCUT2D eigenvalue weighted by Crippen LogP contribution is 2.17. The van der Waals surface area contributed by atoms with Gasteiger partial charge in [0.2, 0.25) is 5.91 Å². The molecular formula is C16H14N2O. The van der Waals surface area contributed by atoms with Gasteiger partial charge in [-0.05, 0) is 17.7 Å². The molecule has 0 fully saturated rings. The molecule has 0 N–H and O–H groups in total. The quantitative estimate of drug-likeness (QED) is 0.836. The normalized spacial score (nSPS) is 9.63. The number of anilines is 1. The van der Waals surface area contributed by atoms with Crippen molar-refractivity contribution in [3.05, 3.63) is 66.2 Å². The van der Waals surface area contributed by atoms with E-state index in [1.807, 2.05) is 66.7 Å². The lowest BCUT2D eigenvalue weighted by Crippen LogP contribution is -2.29. The Morgan fingerprint density at radius 2 is 1.58 bits per heavy atom. The third-order valence-electron chi connectivity index (χ3n) is 2.78. The van der Waals surface area contributed by atoms with Crippen molar-refractivity contribution >= 4 is 11.6 Å². The van der Waals surface area contributed by atoms with Gasteiger partial charge in [0.1, 0.15) is 6.42 Å². The zero-order valence-corrected chi connectivity index (χ0v) is 10.5. The third-order valence-corrected chi connectivity index (χ3v) is 2.78. The van der Waals surface area contributed by atoms with E-state index in [1.54, 1.807) is 4.90 Å². The molecule has 94 valence electrons. The molecule has 0 bridgehead atoms. The predicted molar refractivity (Wildman–Crippen MR) is 74.3 cm³/mol. The second kappa shape index (κ2) is 6.36. The number of hydrogen-bond acceptors (Lipinski definition) is 2. The molecule has 0 aromatic heterocycles. The van der Waals surface area contributed by atoms with Gasteiger partial charge >= 0.3 is 0 Å². The van der Waals surface area contributed by atoms with Crippen LogP contribution in [0.25, 0.3) is 0 Å². The van der Waals surface area contributed by atoms with E-state index >= 15 is 0 Å². The van der Waals surface area contributed by atoms with E-state index in [-0.39, 0.29) is 12.3 Å². The lowest BCUT2D eigenvalue weighted by Gasteiger charge is -2.22. The molecule has 1 amide bonds. The van der Waals surface area contributed by atoms with Gasteiger partial charge in [0.15, 0.2) is 0 Å². The van der Waals surface area contributed by atoms with Gasteiger partial charge in [0.25, 0.3) is 0 Å². The van der Waals surface area contributed by atoms with Gasteiger partial charge in [-0.25, -0.2) is 0 Å². The highest BCUT2D eigenvalue weighted by Gasteiger charge is 2.15. The van der Waals surface area contributed by atoms with Crippen molar-refractivity contribution < 1.29 is 4.79 Å². The molecule has 3 nitrogen and oxygen atoms in total. The van der Waals surface area contributed by atoms with Crippen molar-refractivity contribution in [3.8, 4) is 6.07 Å². The van der Waals surface area contributed by atoms with Crippen LogP contribution in [0.15, 0.2) is 60.7 Å². The molecule has 0 atom stereocenters. The summed E-state index contributed by atoms with van der Waals surface area (Å²) in [7, 11) is 0. The minimum absolute atomic E-state index is 0.109. The summed E-state index contributed by atoms with van der Waals surface area (Å²) < 4.78 is 0. The van der Waals surface area contributed by atoms with Gasteiger partial charge in [-0.15, -0.1) is 0 Å². The standard InChI is InChI=1S/C16H14N2O/c17-12-11-16(19)18(15-9-5-2-6-10-15)13-14-7-3-1-4-8-14/h1-10H,11,13H2. The maximum absolute atomic E-state index is 12.1. The number of para-hydroxylation sites is 1. The molecule has 0 heterocycles. The van der Waals surface area contributed by atoms with E-state index in [9.17, 15) is 4.79 Å². The Balaban J connectivity index is 2.25. The summed E-state index contributed by atoms with van der Waals surface area (Å²) in [6.45, 7) is 0.478. The Kier molecular flexibility index (Phi) is 4.30. The first-order chi connectivity index (χ1) is 9.31. The van der Waals surface area contributed by atoms with E-state index in [0.29, 0.717) is 6.54 Å². The molecule has 0 spiro atoms. The highest BCUT2D eigenvalue weighted by atomic mass is 16.2. The summed E-state index contributed by atoms with van der Waals surface area (Å²) >= 11 is 0. The molecule has 2 rings (SSSR count). The summed E-state index contributed by atoms with van der Waals surface area (Å²) in [6.07, 6.45) is -0.109. The van der Waals surface area contributed by atoms with Crippen LogP contribution in [-0.2, 0) is 11.3 Å². The number of hydrogen-bond donors (Lipinski definition) is 0. The molecular weight excluding hydrogens is 236 g/mol. The molecule has 0 aliphatic rings. The zero-order valence-electron chi connectivity index (χ0n) is 10.5. The molecule has 0 aliphatic carbocycles. The van der Waals surface area contributed by atoms with Gasteiger partial charge in [0.05, 0.1) is 12.6 Å². The monoisotopic (exact) mass is 250 g/mol. The van der Waals surface area contributed by atoms with Crippen LogP contribution in [0.3, 0.4) is 0 Å². The largest absolute Gasteiger partial charge is 0.307 e. The second-order valence-electron chi connectivity index (χ2n) is 4.14. The third kappa shape index (κ3) is 3.43. The Morgan fingerprint density at radius 3 is 2.16 bits per heavy atom. The van der Waals surface area contributed by atoms with Crippen LogP contribution in [0.1, 0.15) is 12.0 Å². The maximum atomic E-state index is 12.1. The minimum atomic E-state index is -0.183. The summed E-state index contributed by atoms with van der Waals surface area (Å²) in [5.41, 5.74) is 1.85. The second-order valence-corrected chi connectivity index (χ2v) is 4.14. The summed E-state index contributed by atoms with van der Waals surface area (Å²) in [6, 6.07) is 21.1. The van der Waals surface area contributed by atoms with Crippen molar-refractivity contribution in [1.29, 1.82) is 5.26 Å². The lowest BCUT2D eigenvalue weighted by atomic mass is 10.2. The smallest absolute Gasteiger partial charge is 0.241 e. The first-order valence-corrected chi connectivity index (χ1v) is 6.07. The van der Waals surface area contributed by atoms with E-state index < -0.39 is 0 Å². The minimum Gasteiger partial charge on any atom is -0.307 e. The number of carbonyl (C=O) groups is 1. The average molecular weight is 250 g/mol. The van der Waals surface area contributed by atoms with Crippen LogP contribution in [0.5, 0.6) is 0 Å². The molecule has 0 saturated carbocycles. The number of amides is 1. The summed E-state index contributed by atoms with van der Waals surface area (Å²) in [5.74, 6) is -0.183. The maximum Gasteiger partial charge on any atom is 0.241 e. The fourth-order valence-corrected chi connectivity index (χ4v) is 1.86. The molecule has 19 heavy (non-hydrogen) atoms. The number of carbonyl (C=O) groups excluding carboxylic acids is 1. The van der Waals surface area contributed by atoms with Crippen LogP contribution in [0.2, 0.25) is 0 Å². The summed E-state index contributed by atoms with van der Waals surface area (Å²) in [5, 5.41) is 8.70. The Labute approximate surface area is 112 Å². The Morgan fingerprint density at radius 1 is 1.00 bits per heavy atom. The highest BCUT2D eigenvalue weighted by molar-refractivity contribution is 5.94. The van der Waals surface area contributed by atoms with E-state index in [1.165, 1.54) is 0 Å². The van der Waals surface area contributed by atoms with Crippen molar-refractivity contribution in [2.24, 2.45) is 0 Å². The first kappa shape index (κ1) is 12.8. The zero-order chi connectivity index (χ0) is 13.5. The molecule has 0 aliphatic heterocycles. The molecule has 0 saturated heterocycles. The van der Waals surface area contributed by atoms with Crippen molar-refractivity contribution in [2.75, 3.05) is 4.90 Å². The van der Waals surface area contributed by atoms with E-state index in [4.69, 9.17) is 5.26 Å². The van der Waals surface area contributed by atoms with E-state index in [0.717, 1.165) is 11.3 Å². The topological polar surface area (TPSA) is 44.1 Å². The molecule has 0 unspecified atom stereocenters. The summed E-state index contributed by atoms with van der Waals surface area (Å²) in [4.78, 5) is 13.7. The fraction of sp³-hybridized carbons (Fsp3) is 0.125. The number of nitriles is 1. The Bertz CT molecular complexity index is 573. The average Bonchev–Trinajstić information content (AvgIpc) is 2.47. The van der Waals surface area contributed by atoms with Crippen LogP contribution in [-0.4, -0.2) is 5.91 Å². The van der Waals surface area contributed by atoms with Gasteiger partial charge in [-0.2, -0.15) is 5.26 Å². The van der Waals surface area contributed by atoms with Crippen molar-refractivity contribution in [2.45, 2.75) is 13.0 Å². The molecule has 3 heteroatoms. The molecule has 2 aromatic rings. The predicted octanol–water partition coefficient (Wildman–Crippen LogP) is 3.13. The van der Waals surface area contributed by atoms with Gasteiger partial charge in [0, 0.05) is 5.69 Å². The van der Waals surface area contributed by atoms with Crippen LogP contribution >= 0.6 is 0 Å². The van der Waals surface area contributed by atoms with Gasteiger partial charge in [-0.1, -0.05) is 48.5 Å². The van der Waals surface area contributed by atoms with E-state index in [2.05, 4.69) is 0 Å². The van der Waals surface area contributed by atoms with Crippen LogP contribution < -0.4 is 4.90 Å². The number of rotatable bonds is 4. The lowest BCUT2D eigenvalue weighted by molar-refractivity contribution is -0.117. The van der Waals surface area contributed by atoms with Crippen LogP contribution in [0, 0.1) is 11.3 Å². The number of benzene rings is 2. The van der Waals surface area contributed by atoms with Crippen molar-refractivity contribution in [1.82, 2.24) is 0 Å². The van der Waals surface area contributed by atoms with Gasteiger partial charge < -0.3 is 4.90 Å². The number of nitrogens with zero attached hydrogens (tertiary/aromatic N) is 2. The van der Waals surface area contributed by atoms with Crippen LogP contribution in [0.4, 0.5) is 5.69 Å². The van der Waals surface area contributed by atoms with Gasteiger partial charge in [-0.3, -0.25) is 4.79 Å². The molecule has 2 aromatic carbocycles. The SMILES string of the molecule is N#CCC(=O)N(Cc1ccccc1)c1ccccc1. The first-order valence-electron chi connectivity index (χ1n) is 6.07. The Hall–Kier alpha value is -2.60.